The molecule has 48 heavy (non-hydrogen) atoms. The van der Waals surface area contributed by atoms with Crippen molar-refractivity contribution in [3.8, 4) is 22.9 Å². The molecule has 0 radical (unpaired) electrons. The molecule has 0 aliphatic carbocycles. The van der Waals surface area contributed by atoms with Gasteiger partial charge in [-0.2, -0.15) is 10.4 Å². The van der Waals surface area contributed by atoms with Gasteiger partial charge in [0.15, 0.2) is 5.82 Å². The number of nitrogens with zero attached hydrogens (tertiary/aromatic N) is 7. The molecule has 12 nitrogen and oxygen atoms in total. The lowest BCUT2D eigenvalue weighted by Gasteiger charge is -2.33. The second-order valence-corrected chi connectivity index (χ2v) is 12.2. The Kier molecular flexibility index (Phi) is 8.73. The highest BCUT2D eigenvalue weighted by Gasteiger charge is 2.28. The molecule has 5 heterocycles. The number of carbonyl (C=O) groups is 2. The summed E-state index contributed by atoms with van der Waals surface area (Å²) in [6.07, 6.45) is 5.30. The molecule has 0 bridgehead atoms. The fraction of sp³-hybridized carbons (Fsp3) is 0.286. The molecule has 0 saturated carbocycles. The maximum atomic E-state index is 14.0. The van der Waals surface area contributed by atoms with Gasteiger partial charge in [0, 0.05) is 53.6 Å². The summed E-state index contributed by atoms with van der Waals surface area (Å²) in [7, 11) is 0. The normalized spacial score (nSPS) is 13.5. The second-order valence-electron chi connectivity index (χ2n) is 12.2. The van der Waals surface area contributed by atoms with Crippen LogP contribution < -0.4 is 16.6 Å². The first-order chi connectivity index (χ1) is 23.1. The van der Waals surface area contributed by atoms with Gasteiger partial charge in [0.25, 0.3) is 11.5 Å². The summed E-state index contributed by atoms with van der Waals surface area (Å²) in [6.45, 7) is 6.79. The number of rotatable bonds is 7. The number of hydrogen-bond acceptors (Lipinski definition) is 8. The summed E-state index contributed by atoms with van der Waals surface area (Å²) in [6, 6.07) is 13.7. The molecule has 1 aliphatic heterocycles. The minimum atomic E-state index is -0.679. The molecule has 244 valence electrons. The average molecular weight is 648 g/mol. The van der Waals surface area contributed by atoms with Gasteiger partial charge >= 0.3 is 0 Å². The van der Waals surface area contributed by atoms with Crippen molar-refractivity contribution in [3.05, 3.63) is 99.9 Å². The quantitative estimate of drug-likeness (QED) is 0.258. The van der Waals surface area contributed by atoms with Crippen LogP contribution in [-0.4, -0.2) is 54.0 Å². The number of amides is 2. The highest BCUT2D eigenvalue weighted by molar-refractivity contribution is 6.04. The van der Waals surface area contributed by atoms with Crippen LogP contribution in [0.4, 0.5) is 15.9 Å². The molecular weight excluding hydrogens is 613 g/mol. The van der Waals surface area contributed by atoms with E-state index >= 15 is 0 Å². The molecule has 13 heteroatoms. The number of nitriles is 1. The van der Waals surface area contributed by atoms with E-state index < -0.39 is 17.3 Å². The van der Waals surface area contributed by atoms with Crippen LogP contribution in [0.3, 0.4) is 0 Å². The molecule has 5 aromatic rings. The molecule has 6 rings (SSSR count). The summed E-state index contributed by atoms with van der Waals surface area (Å²) < 4.78 is 17.0. The zero-order chi connectivity index (χ0) is 34.1. The standard InChI is InChI=1S/C35H34FN9O3/c1-20(2)34(47)43-12-9-23(10-13-43)30-16-28(31-32(38)40-19-41-45(30)31)22-4-6-26(7-5-22)42-33(46)29-14-24(8-11-37)21(3)44(35(29)48)27-15-25(36)17-39-18-27/h4-7,14-20,23H,8-10,12-13H2,1-3H3,(H,42,46)(H2,38,40,41). The Bertz CT molecular complexity index is 2140. The molecule has 0 atom stereocenters. The van der Waals surface area contributed by atoms with Gasteiger partial charge in [0.1, 0.15) is 23.2 Å². The van der Waals surface area contributed by atoms with Crippen LogP contribution in [0.25, 0.3) is 22.3 Å². The van der Waals surface area contributed by atoms with E-state index in [1.54, 1.807) is 19.1 Å². The van der Waals surface area contributed by atoms with Gasteiger partial charge in [-0.3, -0.25) is 23.9 Å². The number of nitrogens with two attached hydrogens (primary N) is 1. The Morgan fingerprint density at radius 2 is 1.85 bits per heavy atom. The second kappa shape index (κ2) is 13.1. The zero-order valence-electron chi connectivity index (χ0n) is 26.8. The minimum absolute atomic E-state index is 0.0444. The number of likely N-dealkylation sites (tertiary alicyclic amines) is 1. The fourth-order valence-electron chi connectivity index (χ4n) is 6.31. The average Bonchev–Trinajstić information content (AvgIpc) is 3.47. The number of nitrogen functional groups attached to an aromatic ring is 1. The van der Waals surface area contributed by atoms with E-state index in [0.29, 0.717) is 41.4 Å². The summed E-state index contributed by atoms with van der Waals surface area (Å²) in [5.74, 6) is -0.710. The number of halogens is 1. The molecule has 1 fully saturated rings. The lowest BCUT2D eigenvalue weighted by Crippen LogP contribution is -2.40. The van der Waals surface area contributed by atoms with Gasteiger partial charge in [-0.1, -0.05) is 26.0 Å². The van der Waals surface area contributed by atoms with Gasteiger partial charge in [-0.25, -0.2) is 13.9 Å². The molecule has 0 spiro atoms. The number of anilines is 2. The topological polar surface area (TPSA) is 164 Å². The zero-order valence-corrected chi connectivity index (χ0v) is 26.8. The van der Waals surface area contributed by atoms with Crippen molar-refractivity contribution in [2.45, 2.75) is 46.0 Å². The molecule has 4 aromatic heterocycles. The maximum absolute atomic E-state index is 14.0. The van der Waals surface area contributed by atoms with E-state index in [0.717, 1.165) is 41.9 Å². The van der Waals surface area contributed by atoms with E-state index in [9.17, 15) is 24.0 Å². The first-order valence-corrected chi connectivity index (χ1v) is 15.6. The van der Waals surface area contributed by atoms with Gasteiger partial charge in [0.2, 0.25) is 5.91 Å². The van der Waals surface area contributed by atoms with E-state index in [1.165, 1.54) is 23.2 Å². The predicted molar refractivity (Wildman–Crippen MR) is 178 cm³/mol. The van der Waals surface area contributed by atoms with Crippen LogP contribution in [-0.2, 0) is 11.2 Å². The van der Waals surface area contributed by atoms with E-state index in [1.807, 2.05) is 41.5 Å². The first-order valence-electron chi connectivity index (χ1n) is 15.6. The van der Waals surface area contributed by atoms with Crippen molar-refractivity contribution in [2.24, 2.45) is 5.92 Å². The Balaban J connectivity index is 1.28. The summed E-state index contributed by atoms with van der Waals surface area (Å²) >= 11 is 0. The molecule has 3 N–H and O–H groups in total. The number of benzene rings is 1. The van der Waals surface area contributed by atoms with Crippen LogP contribution in [0.1, 0.15) is 59.9 Å². The summed E-state index contributed by atoms with van der Waals surface area (Å²) in [5, 5.41) is 16.7. The van der Waals surface area contributed by atoms with Gasteiger partial charge in [0.05, 0.1) is 30.6 Å². The molecule has 1 aliphatic rings. The van der Waals surface area contributed by atoms with Gasteiger partial charge in [-0.05, 0) is 55.2 Å². The molecule has 0 unspecified atom stereocenters. The van der Waals surface area contributed by atoms with Crippen molar-refractivity contribution in [2.75, 3.05) is 24.1 Å². The highest BCUT2D eigenvalue weighted by atomic mass is 19.1. The number of carbonyl (C=O) groups excluding carboxylic acids is 2. The van der Waals surface area contributed by atoms with Crippen molar-refractivity contribution < 1.29 is 14.0 Å². The third-order valence-corrected chi connectivity index (χ3v) is 8.80. The van der Waals surface area contributed by atoms with Crippen molar-refractivity contribution in [1.82, 2.24) is 29.0 Å². The Hall–Kier alpha value is -5.90. The van der Waals surface area contributed by atoms with E-state index in [4.69, 9.17) is 5.73 Å². The maximum Gasteiger partial charge on any atom is 0.268 e. The lowest BCUT2D eigenvalue weighted by atomic mass is 9.92. The number of piperidine rings is 1. The number of pyridine rings is 2. The number of aromatic nitrogens is 5. The van der Waals surface area contributed by atoms with E-state index in [2.05, 4.69) is 26.4 Å². The van der Waals surface area contributed by atoms with Crippen LogP contribution in [0.5, 0.6) is 0 Å². The van der Waals surface area contributed by atoms with E-state index in [-0.39, 0.29) is 35.4 Å². The number of fused-ring (bicyclic) bond motifs is 1. The fourth-order valence-corrected chi connectivity index (χ4v) is 6.31. The molecular formula is C35H34FN9O3. The van der Waals surface area contributed by atoms with Crippen molar-refractivity contribution in [1.29, 1.82) is 5.26 Å². The predicted octanol–water partition coefficient (Wildman–Crippen LogP) is 4.65. The Morgan fingerprint density at radius 1 is 1.12 bits per heavy atom. The van der Waals surface area contributed by atoms with Crippen LogP contribution in [0, 0.1) is 30.0 Å². The van der Waals surface area contributed by atoms with Gasteiger partial charge < -0.3 is 16.0 Å². The minimum Gasteiger partial charge on any atom is -0.382 e. The summed E-state index contributed by atoms with van der Waals surface area (Å²) in [4.78, 5) is 49.5. The SMILES string of the molecule is Cc1c(CC#N)cc(C(=O)Nc2ccc(-c3cc(C4CCN(C(=O)C(C)C)CC4)n4ncnc(N)c34)cc2)c(=O)n1-c1cncc(F)c1. The number of hydrogen-bond donors (Lipinski definition) is 2. The first kappa shape index (κ1) is 32.1. The monoisotopic (exact) mass is 647 g/mol. The molecule has 1 saturated heterocycles. The smallest absolute Gasteiger partial charge is 0.268 e. The highest BCUT2D eigenvalue weighted by Crippen LogP contribution is 2.37. The largest absolute Gasteiger partial charge is 0.382 e. The van der Waals surface area contributed by atoms with Crippen molar-refractivity contribution in [3.63, 3.8) is 0 Å². The van der Waals surface area contributed by atoms with Gasteiger partial charge in [-0.15, -0.1) is 0 Å². The summed E-state index contributed by atoms with van der Waals surface area (Å²) in [5.41, 5.74) is 10.2. The van der Waals surface area contributed by atoms with Crippen molar-refractivity contribution >= 4 is 28.8 Å². The Morgan fingerprint density at radius 3 is 2.52 bits per heavy atom. The van der Waals surface area contributed by atoms with Crippen LogP contribution in [0.15, 0.2) is 66.0 Å². The third-order valence-electron chi connectivity index (χ3n) is 8.80. The third kappa shape index (κ3) is 6.00. The Labute approximate surface area is 275 Å². The lowest BCUT2D eigenvalue weighted by molar-refractivity contribution is -0.135. The molecule has 2 amide bonds. The molecule has 1 aromatic carbocycles. The van der Waals surface area contributed by atoms with Crippen LogP contribution in [0.2, 0.25) is 0 Å². The van der Waals surface area contributed by atoms with Crippen LogP contribution >= 0.6 is 0 Å². The number of nitrogens with one attached hydrogen (secondary N) is 1.